The van der Waals surface area contributed by atoms with Gasteiger partial charge in [0.1, 0.15) is 0 Å². The fourth-order valence-electron chi connectivity index (χ4n) is 0.777. The lowest BCUT2D eigenvalue weighted by atomic mass is 10.1. The third-order valence-electron chi connectivity index (χ3n) is 1.35. The number of ketones is 1. The van der Waals surface area contributed by atoms with Crippen LogP contribution in [0.4, 0.5) is 0 Å². The summed E-state index contributed by atoms with van der Waals surface area (Å²) in [5.74, 6) is -0.257. The van der Waals surface area contributed by atoms with E-state index in [9.17, 15) is 4.79 Å². The van der Waals surface area contributed by atoms with E-state index in [2.05, 4.69) is 0 Å². The number of carbonyl (C=O) groups is 1. The minimum atomic E-state index is -0.257. The lowest BCUT2D eigenvalue weighted by Crippen LogP contribution is -1.97. The Morgan fingerprint density at radius 2 is 1.83 bits per heavy atom. The van der Waals surface area contributed by atoms with Crippen LogP contribution in [0.3, 0.4) is 0 Å². The van der Waals surface area contributed by atoms with Crippen LogP contribution in [-0.2, 0) is 0 Å². The van der Waals surface area contributed by atoms with Crippen molar-refractivity contribution < 1.29 is 4.79 Å². The van der Waals surface area contributed by atoms with Crippen LogP contribution in [0.1, 0.15) is 10.4 Å². The van der Waals surface area contributed by atoms with Gasteiger partial charge in [0.2, 0.25) is 5.78 Å². The largest absolute Gasteiger partial charge is 0.288 e. The van der Waals surface area contributed by atoms with Crippen molar-refractivity contribution in [3.63, 3.8) is 0 Å². The highest BCUT2D eigenvalue weighted by molar-refractivity contribution is 6.48. The van der Waals surface area contributed by atoms with Gasteiger partial charge in [-0.15, -0.1) is 0 Å². The molecule has 0 saturated carbocycles. The van der Waals surface area contributed by atoms with Crippen LogP contribution in [-0.4, -0.2) is 5.78 Å². The van der Waals surface area contributed by atoms with Gasteiger partial charge in [-0.2, -0.15) is 0 Å². The van der Waals surface area contributed by atoms with Crippen molar-refractivity contribution in [3.8, 4) is 0 Å². The molecule has 0 unspecified atom stereocenters. The molecular formula is C9H6Cl2O. The van der Waals surface area contributed by atoms with Crippen molar-refractivity contribution in [2.24, 2.45) is 0 Å². The number of hydrogen-bond donors (Lipinski definition) is 0. The van der Waals surface area contributed by atoms with E-state index >= 15 is 0 Å². The molecule has 0 heterocycles. The summed E-state index contributed by atoms with van der Waals surface area (Å²) in [5.41, 5.74) is 1.61. The zero-order valence-electron chi connectivity index (χ0n) is 6.13. The summed E-state index contributed by atoms with van der Waals surface area (Å²) >= 11 is 10.8. The number of halogens is 2. The zero-order chi connectivity index (χ0) is 8.97. The molecule has 0 saturated heterocycles. The molecule has 62 valence electrons. The second-order valence-corrected chi connectivity index (χ2v) is 2.78. The van der Waals surface area contributed by atoms with E-state index < -0.39 is 0 Å². The number of benzene rings is 1. The van der Waals surface area contributed by atoms with Crippen molar-refractivity contribution in [2.75, 3.05) is 0 Å². The van der Waals surface area contributed by atoms with Gasteiger partial charge in [0.05, 0.1) is 5.03 Å². The molecule has 0 spiro atoms. The number of carbonyl (C=O) groups excluding carboxylic acids is 1. The average molecular weight is 201 g/mol. The predicted molar refractivity (Wildman–Crippen MR) is 50.6 cm³/mol. The quantitative estimate of drug-likeness (QED) is 0.530. The molecule has 1 aromatic carbocycles. The van der Waals surface area contributed by atoms with Crippen molar-refractivity contribution in [2.45, 2.75) is 0 Å². The number of rotatable bonds is 2. The normalized spacial score (nSPS) is 11.3. The zero-order valence-corrected chi connectivity index (χ0v) is 7.64. The van der Waals surface area contributed by atoms with Gasteiger partial charge in [-0.05, 0) is 0 Å². The van der Waals surface area contributed by atoms with E-state index in [4.69, 9.17) is 23.2 Å². The fraction of sp³-hybridized carbons (Fsp3) is 0. The number of allylic oxidation sites excluding steroid dienone is 1. The van der Waals surface area contributed by atoms with Crippen molar-refractivity contribution in [3.05, 3.63) is 46.5 Å². The second kappa shape index (κ2) is 4.29. The maximum Gasteiger partial charge on any atom is 0.205 e. The van der Waals surface area contributed by atoms with E-state index in [1.54, 1.807) is 24.3 Å². The molecule has 0 bridgehead atoms. The monoisotopic (exact) mass is 200 g/mol. The summed E-state index contributed by atoms with van der Waals surface area (Å²) in [6, 6.07) is 8.74. The molecule has 12 heavy (non-hydrogen) atoms. The van der Waals surface area contributed by atoms with Crippen LogP contribution < -0.4 is 0 Å². The lowest BCUT2D eigenvalue weighted by Gasteiger charge is -1.95. The van der Waals surface area contributed by atoms with E-state index in [1.165, 1.54) is 0 Å². The molecule has 0 aliphatic rings. The topological polar surface area (TPSA) is 17.1 Å². The molecule has 0 aromatic heterocycles. The molecule has 0 fully saturated rings. The SMILES string of the molecule is O=C(/C(Cl)=C\Cl)c1ccccc1. The summed E-state index contributed by atoms with van der Waals surface area (Å²) in [7, 11) is 0. The van der Waals surface area contributed by atoms with Crippen LogP contribution in [0, 0.1) is 0 Å². The van der Waals surface area contributed by atoms with Crippen LogP contribution >= 0.6 is 23.2 Å². The molecule has 1 aromatic rings. The average Bonchev–Trinajstić information content (AvgIpc) is 2.17. The predicted octanol–water partition coefficient (Wildman–Crippen LogP) is 3.19. The van der Waals surface area contributed by atoms with Crippen LogP contribution in [0.5, 0.6) is 0 Å². The van der Waals surface area contributed by atoms with Crippen LogP contribution in [0.25, 0.3) is 0 Å². The Bertz CT molecular complexity index is 304. The highest BCUT2D eigenvalue weighted by atomic mass is 35.5. The summed E-state index contributed by atoms with van der Waals surface area (Å²) in [4.78, 5) is 11.3. The minimum absolute atomic E-state index is 0.0304. The van der Waals surface area contributed by atoms with Crippen molar-refractivity contribution in [1.29, 1.82) is 0 Å². The molecule has 0 radical (unpaired) electrons. The Morgan fingerprint density at radius 1 is 1.25 bits per heavy atom. The first kappa shape index (κ1) is 9.30. The van der Waals surface area contributed by atoms with Crippen molar-refractivity contribution >= 4 is 29.0 Å². The summed E-state index contributed by atoms with van der Waals surface area (Å²) in [6.45, 7) is 0. The van der Waals surface area contributed by atoms with Gasteiger partial charge in [-0.25, -0.2) is 0 Å². The highest BCUT2D eigenvalue weighted by Gasteiger charge is 2.07. The smallest absolute Gasteiger partial charge is 0.205 e. The molecule has 0 N–H and O–H groups in total. The molecule has 0 atom stereocenters. The number of Topliss-reactive ketones (excluding diaryl/α,β-unsaturated/α-hetero) is 1. The lowest BCUT2D eigenvalue weighted by molar-refractivity contribution is 0.104. The highest BCUT2D eigenvalue weighted by Crippen LogP contribution is 2.12. The first-order valence-corrected chi connectivity index (χ1v) is 4.13. The Kier molecular flexibility index (Phi) is 3.32. The third kappa shape index (κ3) is 2.10. The van der Waals surface area contributed by atoms with E-state index in [0.29, 0.717) is 5.56 Å². The maximum absolute atomic E-state index is 11.3. The van der Waals surface area contributed by atoms with Gasteiger partial charge in [0.15, 0.2) is 0 Å². The van der Waals surface area contributed by atoms with Crippen LogP contribution in [0.2, 0.25) is 0 Å². The van der Waals surface area contributed by atoms with Gasteiger partial charge in [-0.1, -0.05) is 53.5 Å². The third-order valence-corrected chi connectivity index (χ3v) is 1.96. The van der Waals surface area contributed by atoms with Gasteiger partial charge < -0.3 is 0 Å². The molecule has 0 aliphatic heterocycles. The van der Waals surface area contributed by atoms with E-state index in [0.717, 1.165) is 5.54 Å². The molecule has 1 rings (SSSR count). The summed E-state index contributed by atoms with van der Waals surface area (Å²) in [5, 5.41) is 0.0304. The fourth-order valence-corrected chi connectivity index (χ4v) is 0.985. The molecule has 0 amide bonds. The summed E-state index contributed by atoms with van der Waals surface area (Å²) < 4.78 is 0. The van der Waals surface area contributed by atoms with Gasteiger partial charge in [0, 0.05) is 11.1 Å². The Labute approximate surface area is 80.6 Å². The molecular weight excluding hydrogens is 195 g/mol. The van der Waals surface area contributed by atoms with E-state index in [1.807, 2.05) is 6.07 Å². The molecule has 1 nitrogen and oxygen atoms in total. The van der Waals surface area contributed by atoms with Gasteiger partial charge in [-0.3, -0.25) is 4.79 Å². The van der Waals surface area contributed by atoms with Gasteiger partial charge in [0.25, 0.3) is 0 Å². The van der Waals surface area contributed by atoms with E-state index in [-0.39, 0.29) is 10.8 Å². The number of hydrogen-bond acceptors (Lipinski definition) is 1. The van der Waals surface area contributed by atoms with Gasteiger partial charge >= 0.3 is 0 Å². The first-order valence-electron chi connectivity index (χ1n) is 3.31. The Morgan fingerprint density at radius 3 is 2.33 bits per heavy atom. The first-order chi connectivity index (χ1) is 5.75. The molecule has 0 aliphatic carbocycles. The minimum Gasteiger partial charge on any atom is -0.288 e. The van der Waals surface area contributed by atoms with Crippen LogP contribution in [0.15, 0.2) is 40.9 Å². The maximum atomic E-state index is 11.3. The standard InChI is InChI=1S/C9H6Cl2O/c10-6-8(11)9(12)7-4-2-1-3-5-7/h1-6H/b8-6+. The van der Waals surface area contributed by atoms with Crippen molar-refractivity contribution in [1.82, 2.24) is 0 Å². The second-order valence-electron chi connectivity index (χ2n) is 2.15. The Balaban J connectivity index is 2.94. The Hall–Kier alpha value is -0.790. The summed E-state index contributed by atoms with van der Waals surface area (Å²) in [6.07, 6.45) is 0. The molecule has 3 heteroatoms.